The van der Waals surface area contributed by atoms with E-state index in [1.807, 2.05) is 13.8 Å². The maximum atomic E-state index is 12.3. The van der Waals surface area contributed by atoms with Gasteiger partial charge in [-0.2, -0.15) is 0 Å². The first-order valence-corrected chi connectivity index (χ1v) is 8.46. The lowest BCUT2D eigenvalue weighted by molar-refractivity contribution is -0.144. The summed E-state index contributed by atoms with van der Waals surface area (Å²) in [4.78, 5) is 35.2. The number of carbonyl (C=O) groups is 3. The lowest BCUT2D eigenvalue weighted by Crippen LogP contribution is -2.35. The van der Waals surface area contributed by atoms with E-state index in [0.29, 0.717) is 28.9 Å². The molecule has 1 aromatic rings. The van der Waals surface area contributed by atoms with Crippen LogP contribution in [-0.2, 0) is 19.1 Å². The highest BCUT2D eigenvalue weighted by Gasteiger charge is 2.32. The Morgan fingerprint density at radius 1 is 1.31 bits per heavy atom. The first kappa shape index (κ1) is 19.7. The Labute approximate surface area is 153 Å². The number of Topliss-reactive ketones (excluding diaryl/α,β-unsaturated/α-hetero) is 1. The van der Waals surface area contributed by atoms with Crippen LogP contribution in [0.2, 0.25) is 0 Å². The van der Waals surface area contributed by atoms with Crippen LogP contribution >= 0.6 is 0 Å². The zero-order valence-electron chi connectivity index (χ0n) is 15.8. The van der Waals surface area contributed by atoms with E-state index in [4.69, 9.17) is 14.2 Å². The van der Waals surface area contributed by atoms with Crippen molar-refractivity contribution in [1.29, 1.82) is 0 Å². The summed E-state index contributed by atoms with van der Waals surface area (Å²) in [6.07, 6.45) is 1.26. The molecule has 0 spiro atoms. The number of ketones is 1. The van der Waals surface area contributed by atoms with E-state index in [-0.39, 0.29) is 12.4 Å². The van der Waals surface area contributed by atoms with Gasteiger partial charge >= 0.3 is 11.9 Å². The minimum absolute atomic E-state index is 0.00841. The largest absolute Gasteiger partial charge is 0.487 e. The molecule has 0 unspecified atom stereocenters. The van der Waals surface area contributed by atoms with Crippen molar-refractivity contribution in [1.82, 2.24) is 0 Å². The highest BCUT2D eigenvalue weighted by Crippen LogP contribution is 2.35. The molecule has 0 radical (unpaired) electrons. The molecule has 1 atom stereocenters. The third-order valence-electron chi connectivity index (χ3n) is 4.03. The number of hydrogen-bond donors (Lipinski definition) is 0. The molecule has 6 nitrogen and oxygen atoms in total. The number of fused-ring (bicyclic) bond motifs is 1. The summed E-state index contributed by atoms with van der Waals surface area (Å²) in [7, 11) is 0. The van der Waals surface area contributed by atoms with Gasteiger partial charge in [0, 0.05) is 12.5 Å². The fraction of sp³-hybridized carbons (Fsp3) is 0.450. The highest BCUT2D eigenvalue weighted by atomic mass is 16.5. The molecule has 0 bridgehead atoms. The van der Waals surface area contributed by atoms with Gasteiger partial charge in [-0.25, -0.2) is 4.79 Å². The molecule has 0 saturated carbocycles. The highest BCUT2D eigenvalue weighted by molar-refractivity contribution is 6.00. The zero-order valence-corrected chi connectivity index (χ0v) is 15.8. The van der Waals surface area contributed by atoms with E-state index in [2.05, 4.69) is 0 Å². The summed E-state index contributed by atoms with van der Waals surface area (Å²) in [5.41, 5.74) is 1.04. The normalized spacial score (nSPS) is 17.0. The zero-order chi connectivity index (χ0) is 19.5. The molecular weight excluding hydrogens is 336 g/mol. The van der Waals surface area contributed by atoms with Crippen molar-refractivity contribution < 1.29 is 28.6 Å². The average Bonchev–Trinajstić information content (AvgIpc) is 2.52. The number of carbonyl (C=O) groups excluding carboxylic acids is 3. The van der Waals surface area contributed by atoms with Crippen LogP contribution in [0.3, 0.4) is 0 Å². The maximum absolute atomic E-state index is 12.3. The number of benzene rings is 1. The van der Waals surface area contributed by atoms with Crippen LogP contribution < -0.4 is 4.74 Å². The van der Waals surface area contributed by atoms with E-state index in [1.54, 1.807) is 32.0 Å². The molecule has 0 aliphatic carbocycles. The predicted molar refractivity (Wildman–Crippen MR) is 95.0 cm³/mol. The Morgan fingerprint density at radius 2 is 2.00 bits per heavy atom. The van der Waals surface area contributed by atoms with Gasteiger partial charge < -0.3 is 14.2 Å². The van der Waals surface area contributed by atoms with Crippen molar-refractivity contribution in [3.05, 3.63) is 41.0 Å². The molecule has 0 aromatic heterocycles. The molecule has 0 amide bonds. The monoisotopic (exact) mass is 360 g/mol. The van der Waals surface area contributed by atoms with Gasteiger partial charge in [-0.3, -0.25) is 9.59 Å². The van der Waals surface area contributed by atoms with Crippen LogP contribution in [0.25, 0.3) is 0 Å². The van der Waals surface area contributed by atoms with Crippen molar-refractivity contribution in [2.45, 2.75) is 52.7 Å². The van der Waals surface area contributed by atoms with Crippen molar-refractivity contribution in [2.75, 3.05) is 6.61 Å². The fourth-order valence-electron chi connectivity index (χ4n) is 2.61. The third kappa shape index (κ3) is 4.94. The molecule has 1 aromatic carbocycles. The summed E-state index contributed by atoms with van der Waals surface area (Å²) < 4.78 is 16.0. The van der Waals surface area contributed by atoms with Gasteiger partial charge in [0.2, 0.25) is 0 Å². The Balaban J connectivity index is 2.07. The summed E-state index contributed by atoms with van der Waals surface area (Å²) >= 11 is 0. The van der Waals surface area contributed by atoms with Gasteiger partial charge in [0.05, 0.1) is 12.0 Å². The Hall–Kier alpha value is -2.63. The molecule has 0 fully saturated rings. The minimum atomic E-state index is -0.535. The summed E-state index contributed by atoms with van der Waals surface area (Å²) in [5, 5.41) is 0. The van der Waals surface area contributed by atoms with E-state index in [1.165, 1.54) is 13.0 Å². The number of ether oxygens (including phenoxy) is 3. The van der Waals surface area contributed by atoms with Gasteiger partial charge in [-0.15, -0.1) is 0 Å². The molecule has 6 heteroatoms. The number of rotatable bonds is 5. The first-order chi connectivity index (χ1) is 12.1. The van der Waals surface area contributed by atoms with Crippen LogP contribution in [0.4, 0.5) is 0 Å². The van der Waals surface area contributed by atoms with E-state index >= 15 is 0 Å². The lowest BCUT2D eigenvalue weighted by Gasteiger charge is -2.32. The van der Waals surface area contributed by atoms with Gasteiger partial charge in [-0.05, 0) is 51.5 Å². The molecule has 2 rings (SSSR count). The lowest BCUT2D eigenvalue weighted by atomic mass is 9.91. The van der Waals surface area contributed by atoms with E-state index in [0.717, 1.165) is 0 Å². The molecule has 0 N–H and O–H groups in total. The molecular formula is C20H24O6. The van der Waals surface area contributed by atoms with Crippen molar-refractivity contribution in [3.63, 3.8) is 0 Å². The smallest absolute Gasteiger partial charge is 0.334 e. The Kier molecular flexibility index (Phi) is 5.85. The second-order valence-corrected chi connectivity index (χ2v) is 6.95. The van der Waals surface area contributed by atoms with Crippen LogP contribution in [0, 0.1) is 0 Å². The topological polar surface area (TPSA) is 78.9 Å². The molecule has 140 valence electrons. The summed E-state index contributed by atoms with van der Waals surface area (Å²) in [6, 6.07) is 5.23. The fourth-order valence-corrected chi connectivity index (χ4v) is 2.61. The van der Waals surface area contributed by atoms with Crippen LogP contribution in [0.5, 0.6) is 5.75 Å². The summed E-state index contributed by atoms with van der Waals surface area (Å²) in [5.74, 6) is -0.369. The molecule has 1 aliphatic rings. The second kappa shape index (κ2) is 7.72. The first-order valence-electron chi connectivity index (χ1n) is 8.46. The molecule has 0 saturated heterocycles. The SMILES string of the molecule is CC(=O)OCC=C(C)C(=O)O[C@@H](C)c1ccc2c(c1)C(=O)CC(C)(C)O2. The van der Waals surface area contributed by atoms with Crippen molar-refractivity contribution >= 4 is 17.7 Å². The van der Waals surface area contributed by atoms with Crippen molar-refractivity contribution in [2.24, 2.45) is 0 Å². The number of esters is 2. The minimum Gasteiger partial charge on any atom is -0.487 e. The van der Waals surface area contributed by atoms with Gasteiger partial charge in [-0.1, -0.05) is 6.07 Å². The van der Waals surface area contributed by atoms with Crippen LogP contribution in [0.15, 0.2) is 29.8 Å². The number of hydrogen-bond acceptors (Lipinski definition) is 6. The second-order valence-electron chi connectivity index (χ2n) is 6.95. The maximum Gasteiger partial charge on any atom is 0.334 e. The van der Waals surface area contributed by atoms with Crippen LogP contribution in [-0.4, -0.2) is 29.9 Å². The van der Waals surface area contributed by atoms with Gasteiger partial charge in [0.1, 0.15) is 24.1 Å². The third-order valence-corrected chi connectivity index (χ3v) is 4.03. The quantitative estimate of drug-likeness (QED) is 0.590. The average molecular weight is 360 g/mol. The predicted octanol–water partition coefficient (Wildman–Crippen LogP) is 3.54. The van der Waals surface area contributed by atoms with E-state index < -0.39 is 23.6 Å². The molecule has 1 aliphatic heterocycles. The van der Waals surface area contributed by atoms with Crippen LogP contribution in [0.1, 0.15) is 63.1 Å². The molecule has 1 heterocycles. The molecule has 26 heavy (non-hydrogen) atoms. The van der Waals surface area contributed by atoms with Gasteiger partial charge in [0.25, 0.3) is 0 Å². The Morgan fingerprint density at radius 3 is 2.65 bits per heavy atom. The summed E-state index contributed by atoms with van der Waals surface area (Å²) in [6.45, 7) is 8.38. The Bertz CT molecular complexity index is 760. The van der Waals surface area contributed by atoms with E-state index in [9.17, 15) is 14.4 Å². The standard InChI is InChI=1S/C20H24O6/c1-12(8-9-24-14(3)21)19(23)25-13(2)15-6-7-18-16(10-15)17(22)11-20(4,5)26-18/h6-8,10,13H,9,11H2,1-5H3/t13-/m0/s1. The van der Waals surface area contributed by atoms with Gasteiger partial charge in [0.15, 0.2) is 5.78 Å². The van der Waals surface area contributed by atoms with Crippen molar-refractivity contribution in [3.8, 4) is 5.75 Å².